The molecular weight excluding hydrogens is 128 g/mol. The van der Waals surface area contributed by atoms with Crippen molar-refractivity contribution in [3.63, 3.8) is 0 Å². The summed E-state index contributed by atoms with van der Waals surface area (Å²) in [5, 5.41) is 0. The van der Waals surface area contributed by atoms with Gasteiger partial charge in [-0.1, -0.05) is 6.92 Å². The third-order valence-electron chi connectivity index (χ3n) is 1.37. The smallest absolute Gasteiger partial charge is 0.161 e. The van der Waals surface area contributed by atoms with Crippen molar-refractivity contribution in [3.8, 4) is 0 Å². The molecule has 2 nitrogen and oxygen atoms in total. The second kappa shape index (κ2) is 5.42. The first-order chi connectivity index (χ1) is 4.72. The van der Waals surface area contributed by atoms with E-state index < -0.39 is 0 Å². The predicted molar refractivity (Wildman–Crippen MR) is 41.0 cm³/mol. The van der Waals surface area contributed by atoms with Crippen LogP contribution in [0.3, 0.4) is 0 Å². The first-order valence-corrected chi connectivity index (χ1v) is 3.86. The molecule has 1 unspecified atom stereocenters. The Hall–Kier alpha value is -0.370. The van der Waals surface area contributed by atoms with Crippen LogP contribution in [0.4, 0.5) is 0 Å². The van der Waals surface area contributed by atoms with Crippen LogP contribution >= 0.6 is 0 Å². The van der Waals surface area contributed by atoms with Crippen molar-refractivity contribution in [2.75, 3.05) is 6.61 Å². The van der Waals surface area contributed by atoms with Gasteiger partial charge in [0.25, 0.3) is 0 Å². The molecule has 0 saturated heterocycles. The van der Waals surface area contributed by atoms with Gasteiger partial charge in [0.1, 0.15) is 6.10 Å². The number of ether oxygens (including phenoxy) is 1. The quantitative estimate of drug-likeness (QED) is 0.588. The highest BCUT2D eigenvalue weighted by Crippen LogP contribution is 1.98. The minimum Gasteiger partial charge on any atom is -0.371 e. The molecule has 10 heavy (non-hydrogen) atoms. The summed E-state index contributed by atoms with van der Waals surface area (Å²) >= 11 is 0. The van der Waals surface area contributed by atoms with Crippen LogP contribution in [0.25, 0.3) is 0 Å². The summed E-state index contributed by atoms with van der Waals surface area (Å²) in [6.45, 7) is 6.32. The third-order valence-corrected chi connectivity index (χ3v) is 1.37. The summed E-state index contributed by atoms with van der Waals surface area (Å²) in [5.74, 6) is 0.212. The van der Waals surface area contributed by atoms with E-state index in [0.717, 1.165) is 6.42 Å². The van der Waals surface area contributed by atoms with Crippen LogP contribution in [0.1, 0.15) is 33.6 Å². The van der Waals surface area contributed by atoms with Crippen LogP contribution in [-0.2, 0) is 9.53 Å². The molecule has 2 heteroatoms. The first-order valence-electron chi connectivity index (χ1n) is 3.86. The van der Waals surface area contributed by atoms with Crippen molar-refractivity contribution < 1.29 is 9.53 Å². The van der Waals surface area contributed by atoms with Crippen LogP contribution in [0.2, 0.25) is 0 Å². The molecule has 0 aromatic carbocycles. The Kier molecular flexibility index (Phi) is 5.22. The summed E-state index contributed by atoms with van der Waals surface area (Å²) in [7, 11) is 0. The largest absolute Gasteiger partial charge is 0.371 e. The van der Waals surface area contributed by atoms with Gasteiger partial charge in [-0.25, -0.2) is 0 Å². The van der Waals surface area contributed by atoms with E-state index in [1.807, 2.05) is 20.8 Å². The lowest BCUT2D eigenvalue weighted by molar-refractivity contribution is -0.129. The monoisotopic (exact) mass is 144 g/mol. The maximum Gasteiger partial charge on any atom is 0.161 e. The minimum absolute atomic E-state index is 0.204. The number of hydrogen-bond donors (Lipinski definition) is 0. The van der Waals surface area contributed by atoms with E-state index in [-0.39, 0.29) is 11.9 Å². The Labute approximate surface area is 62.6 Å². The average molecular weight is 144 g/mol. The van der Waals surface area contributed by atoms with Gasteiger partial charge in [-0.15, -0.1) is 0 Å². The number of carbonyl (C=O) groups is 1. The van der Waals surface area contributed by atoms with Gasteiger partial charge in [0.05, 0.1) is 0 Å². The fourth-order valence-electron chi connectivity index (χ4n) is 0.793. The number of ketones is 1. The van der Waals surface area contributed by atoms with E-state index in [9.17, 15) is 4.79 Å². The maximum absolute atomic E-state index is 11.0. The van der Waals surface area contributed by atoms with E-state index in [1.165, 1.54) is 0 Å². The zero-order valence-corrected chi connectivity index (χ0v) is 7.02. The fourth-order valence-corrected chi connectivity index (χ4v) is 0.793. The summed E-state index contributed by atoms with van der Waals surface area (Å²) in [6, 6.07) is 0. The molecule has 0 saturated carbocycles. The summed E-state index contributed by atoms with van der Waals surface area (Å²) in [4.78, 5) is 11.0. The molecular formula is C8H16O2. The molecule has 0 heterocycles. The molecule has 0 fully saturated rings. The molecule has 0 spiro atoms. The van der Waals surface area contributed by atoms with Crippen molar-refractivity contribution in [2.45, 2.75) is 39.7 Å². The summed E-state index contributed by atoms with van der Waals surface area (Å²) < 4.78 is 5.11. The fraction of sp³-hybridized carbons (Fsp3) is 0.875. The Balaban J connectivity index is 3.49. The first kappa shape index (κ1) is 9.63. The van der Waals surface area contributed by atoms with E-state index in [4.69, 9.17) is 4.74 Å². The molecule has 0 bridgehead atoms. The normalized spacial score (nSPS) is 13.1. The predicted octanol–water partition coefficient (Wildman–Crippen LogP) is 1.78. The Morgan fingerprint density at radius 3 is 2.50 bits per heavy atom. The van der Waals surface area contributed by atoms with Crippen molar-refractivity contribution in [1.29, 1.82) is 0 Å². The van der Waals surface area contributed by atoms with E-state index in [2.05, 4.69) is 0 Å². The molecule has 0 aliphatic rings. The highest BCUT2D eigenvalue weighted by Gasteiger charge is 2.09. The third kappa shape index (κ3) is 3.62. The zero-order valence-electron chi connectivity index (χ0n) is 7.02. The Bertz CT molecular complexity index is 99.4. The number of Topliss-reactive ketones (excluding diaryl/α,β-unsaturated/α-hetero) is 1. The van der Waals surface area contributed by atoms with Gasteiger partial charge in [0.2, 0.25) is 0 Å². The van der Waals surface area contributed by atoms with Gasteiger partial charge >= 0.3 is 0 Å². The lowest BCUT2D eigenvalue weighted by Crippen LogP contribution is -2.19. The topological polar surface area (TPSA) is 26.3 Å². The van der Waals surface area contributed by atoms with Crippen LogP contribution in [-0.4, -0.2) is 18.5 Å². The maximum atomic E-state index is 11.0. The van der Waals surface area contributed by atoms with Gasteiger partial charge in [-0.05, 0) is 20.3 Å². The SMILES string of the molecule is CCCC(=O)C(C)OCC. The molecule has 0 radical (unpaired) electrons. The molecule has 0 aliphatic carbocycles. The van der Waals surface area contributed by atoms with Crippen LogP contribution in [0.5, 0.6) is 0 Å². The van der Waals surface area contributed by atoms with E-state index in [0.29, 0.717) is 13.0 Å². The average Bonchev–Trinajstić information content (AvgIpc) is 1.89. The second-order valence-corrected chi connectivity index (χ2v) is 2.31. The van der Waals surface area contributed by atoms with E-state index in [1.54, 1.807) is 0 Å². The van der Waals surface area contributed by atoms with Gasteiger partial charge < -0.3 is 4.74 Å². The minimum atomic E-state index is -0.204. The van der Waals surface area contributed by atoms with Crippen molar-refractivity contribution >= 4 is 5.78 Å². The summed E-state index contributed by atoms with van der Waals surface area (Å²) in [5.41, 5.74) is 0. The standard InChI is InChI=1S/C8H16O2/c1-4-6-8(9)7(3)10-5-2/h7H,4-6H2,1-3H3. The molecule has 0 aromatic rings. The van der Waals surface area contributed by atoms with Crippen LogP contribution in [0.15, 0.2) is 0 Å². The molecule has 0 rings (SSSR count). The van der Waals surface area contributed by atoms with Gasteiger partial charge in [-0.3, -0.25) is 4.79 Å². The van der Waals surface area contributed by atoms with Crippen LogP contribution in [0, 0.1) is 0 Å². The zero-order chi connectivity index (χ0) is 7.98. The lowest BCUT2D eigenvalue weighted by atomic mass is 10.1. The highest BCUT2D eigenvalue weighted by molar-refractivity contribution is 5.82. The second-order valence-electron chi connectivity index (χ2n) is 2.31. The molecule has 0 N–H and O–H groups in total. The van der Waals surface area contributed by atoms with Gasteiger partial charge in [0, 0.05) is 13.0 Å². The highest BCUT2D eigenvalue weighted by atomic mass is 16.5. The Morgan fingerprint density at radius 1 is 1.50 bits per heavy atom. The molecule has 60 valence electrons. The van der Waals surface area contributed by atoms with Crippen molar-refractivity contribution in [1.82, 2.24) is 0 Å². The summed E-state index contributed by atoms with van der Waals surface area (Å²) in [6.07, 6.45) is 1.35. The van der Waals surface area contributed by atoms with Gasteiger partial charge in [-0.2, -0.15) is 0 Å². The number of rotatable bonds is 5. The number of carbonyl (C=O) groups excluding carboxylic acids is 1. The van der Waals surface area contributed by atoms with E-state index >= 15 is 0 Å². The van der Waals surface area contributed by atoms with Gasteiger partial charge in [0.15, 0.2) is 5.78 Å². The molecule has 0 aliphatic heterocycles. The van der Waals surface area contributed by atoms with Crippen molar-refractivity contribution in [2.24, 2.45) is 0 Å². The van der Waals surface area contributed by atoms with Crippen molar-refractivity contribution in [3.05, 3.63) is 0 Å². The molecule has 1 atom stereocenters. The van der Waals surface area contributed by atoms with Crippen LogP contribution < -0.4 is 0 Å². The molecule has 0 aromatic heterocycles. The molecule has 0 amide bonds. The number of hydrogen-bond acceptors (Lipinski definition) is 2. The lowest BCUT2D eigenvalue weighted by Gasteiger charge is -2.08. The Morgan fingerprint density at radius 2 is 2.10 bits per heavy atom.